The Morgan fingerprint density at radius 3 is 2.50 bits per heavy atom. The predicted molar refractivity (Wildman–Crippen MR) is 108 cm³/mol. The lowest BCUT2D eigenvalue weighted by atomic mass is 9.72. The molecule has 0 bridgehead atoms. The van der Waals surface area contributed by atoms with Gasteiger partial charge in [0.2, 0.25) is 0 Å². The largest absolute Gasteiger partial charge is 0.483 e. The molecule has 0 heterocycles. The van der Waals surface area contributed by atoms with Gasteiger partial charge in [0.05, 0.1) is 0 Å². The lowest BCUT2D eigenvalue weighted by Gasteiger charge is -2.34. The average molecular weight is 359 g/mol. The van der Waals surface area contributed by atoms with Crippen LogP contribution in [-0.4, -0.2) is 18.2 Å². The van der Waals surface area contributed by atoms with Gasteiger partial charge in [-0.2, -0.15) is 5.10 Å². The van der Waals surface area contributed by atoms with Crippen molar-refractivity contribution in [1.29, 1.82) is 0 Å². The molecular weight excluding hydrogens is 324 g/mol. The molecule has 1 aromatic rings. The summed E-state index contributed by atoms with van der Waals surface area (Å²) >= 11 is 0. The molecule has 1 amide bonds. The Morgan fingerprint density at radius 2 is 1.92 bits per heavy atom. The van der Waals surface area contributed by atoms with E-state index in [1.807, 2.05) is 19.1 Å². The molecule has 1 saturated carbocycles. The van der Waals surface area contributed by atoms with Gasteiger partial charge in [0.1, 0.15) is 5.75 Å². The topological polar surface area (TPSA) is 50.7 Å². The van der Waals surface area contributed by atoms with Crippen molar-refractivity contribution in [2.45, 2.75) is 73.1 Å². The average Bonchev–Trinajstić information content (AvgIpc) is 2.58. The molecule has 0 saturated heterocycles. The molecule has 1 fully saturated rings. The summed E-state index contributed by atoms with van der Waals surface area (Å²) in [6, 6.07) is 6.16. The van der Waals surface area contributed by atoms with E-state index in [1.165, 1.54) is 5.56 Å². The van der Waals surface area contributed by atoms with E-state index in [-0.39, 0.29) is 12.5 Å². The van der Waals surface area contributed by atoms with Gasteiger partial charge < -0.3 is 4.74 Å². The number of benzene rings is 1. The minimum Gasteiger partial charge on any atom is -0.483 e. The first-order valence-electron chi connectivity index (χ1n) is 9.74. The Morgan fingerprint density at radius 1 is 1.27 bits per heavy atom. The number of nitrogens with zero attached hydrogens (tertiary/aromatic N) is 1. The maximum Gasteiger partial charge on any atom is 0.277 e. The normalized spacial score (nSPS) is 18.0. The summed E-state index contributed by atoms with van der Waals surface area (Å²) < 4.78 is 5.71. The second-order valence-corrected chi connectivity index (χ2v) is 8.82. The van der Waals surface area contributed by atoms with Crippen molar-refractivity contribution < 1.29 is 9.53 Å². The molecule has 4 heteroatoms. The fourth-order valence-corrected chi connectivity index (χ4v) is 3.38. The van der Waals surface area contributed by atoms with Crippen molar-refractivity contribution in [1.82, 2.24) is 5.43 Å². The van der Waals surface area contributed by atoms with Gasteiger partial charge in [-0.25, -0.2) is 5.43 Å². The maximum absolute atomic E-state index is 12.1. The summed E-state index contributed by atoms with van der Waals surface area (Å²) in [6.45, 7) is 13.2. The van der Waals surface area contributed by atoms with E-state index >= 15 is 0 Å². The van der Waals surface area contributed by atoms with Crippen molar-refractivity contribution in [3.63, 3.8) is 0 Å². The standard InChI is InChI=1S/C22H34N2O2/c1-15(2)17-8-7-16(3)20(13-17)26-14-21(25)24-23-19-11-9-18(10-12-19)22(4,5)6/h7-8,13,15,18H,9-12,14H2,1-6H3,(H,24,25). The number of nitrogens with one attached hydrogen (secondary N) is 1. The smallest absolute Gasteiger partial charge is 0.277 e. The highest BCUT2D eigenvalue weighted by molar-refractivity contribution is 5.87. The molecule has 1 aliphatic carbocycles. The number of carbonyl (C=O) groups excluding carboxylic acids is 1. The van der Waals surface area contributed by atoms with Gasteiger partial charge in [-0.15, -0.1) is 0 Å². The van der Waals surface area contributed by atoms with Gasteiger partial charge in [-0.1, -0.05) is 46.8 Å². The first-order chi connectivity index (χ1) is 12.2. The summed E-state index contributed by atoms with van der Waals surface area (Å²) in [5.74, 6) is 1.73. The zero-order valence-corrected chi connectivity index (χ0v) is 17.2. The summed E-state index contributed by atoms with van der Waals surface area (Å²) in [5, 5.41) is 4.32. The molecule has 2 rings (SSSR count). The van der Waals surface area contributed by atoms with Crippen LogP contribution in [0.5, 0.6) is 5.75 Å². The number of hydrazone groups is 1. The Balaban J connectivity index is 1.82. The van der Waals surface area contributed by atoms with Crippen molar-refractivity contribution in [2.24, 2.45) is 16.4 Å². The number of carbonyl (C=O) groups is 1. The number of hydrogen-bond donors (Lipinski definition) is 1. The molecule has 26 heavy (non-hydrogen) atoms. The number of rotatable bonds is 5. The van der Waals surface area contributed by atoms with Crippen LogP contribution in [-0.2, 0) is 4.79 Å². The van der Waals surface area contributed by atoms with Crippen LogP contribution in [0.3, 0.4) is 0 Å². The molecular formula is C22H34N2O2. The lowest BCUT2D eigenvalue weighted by molar-refractivity contribution is -0.123. The van der Waals surface area contributed by atoms with Gasteiger partial charge in [-0.05, 0) is 67.1 Å². The van der Waals surface area contributed by atoms with E-state index in [4.69, 9.17) is 4.74 Å². The summed E-state index contributed by atoms with van der Waals surface area (Å²) in [7, 11) is 0. The third-order valence-electron chi connectivity index (χ3n) is 5.36. The molecule has 144 valence electrons. The second-order valence-electron chi connectivity index (χ2n) is 8.82. The molecule has 0 atom stereocenters. The zero-order valence-electron chi connectivity index (χ0n) is 17.2. The fraction of sp³-hybridized carbons (Fsp3) is 0.636. The van der Waals surface area contributed by atoms with E-state index in [1.54, 1.807) is 0 Å². The molecule has 0 spiro atoms. The van der Waals surface area contributed by atoms with Crippen LogP contribution in [0.1, 0.15) is 77.3 Å². The quantitative estimate of drug-likeness (QED) is 0.735. The molecule has 1 aromatic carbocycles. The van der Waals surface area contributed by atoms with Crippen LogP contribution in [0.2, 0.25) is 0 Å². The first kappa shape index (κ1) is 20.5. The van der Waals surface area contributed by atoms with E-state index in [2.05, 4.69) is 51.2 Å². The van der Waals surface area contributed by atoms with Gasteiger partial charge >= 0.3 is 0 Å². The summed E-state index contributed by atoms with van der Waals surface area (Å²) in [5.41, 5.74) is 6.35. The molecule has 4 nitrogen and oxygen atoms in total. The van der Waals surface area contributed by atoms with E-state index in [0.29, 0.717) is 11.3 Å². The van der Waals surface area contributed by atoms with Gasteiger partial charge in [-0.3, -0.25) is 4.79 Å². The van der Waals surface area contributed by atoms with Crippen molar-refractivity contribution in [3.8, 4) is 5.75 Å². The van der Waals surface area contributed by atoms with Crippen LogP contribution in [0.4, 0.5) is 0 Å². The maximum atomic E-state index is 12.1. The number of amides is 1. The number of hydrogen-bond acceptors (Lipinski definition) is 3. The Bertz CT molecular complexity index is 647. The SMILES string of the molecule is Cc1ccc(C(C)C)cc1OCC(=O)NN=C1CCC(C(C)(C)C)CC1. The first-order valence-corrected chi connectivity index (χ1v) is 9.74. The molecule has 0 aliphatic heterocycles. The molecule has 1 aliphatic rings. The van der Waals surface area contributed by atoms with Crippen LogP contribution in [0.25, 0.3) is 0 Å². The van der Waals surface area contributed by atoms with Gasteiger partial charge in [0.25, 0.3) is 5.91 Å². The van der Waals surface area contributed by atoms with Crippen LogP contribution < -0.4 is 10.2 Å². The van der Waals surface area contributed by atoms with Crippen LogP contribution in [0.15, 0.2) is 23.3 Å². The van der Waals surface area contributed by atoms with Gasteiger partial charge in [0.15, 0.2) is 6.61 Å². The zero-order chi connectivity index (χ0) is 19.3. The minimum atomic E-state index is -0.204. The van der Waals surface area contributed by atoms with E-state index in [0.717, 1.165) is 48.6 Å². The van der Waals surface area contributed by atoms with Crippen molar-refractivity contribution in [2.75, 3.05) is 6.61 Å². The third-order valence-corrected chi connectivity index (χ3v) is 5.36. The molecule has 0 aromatic heterocycles. The highest BCUT2D eigenvalue weighted by Gasteiger charge is 2.28. The lowest BCUT2D eigenvalue weighted by Crippen LogP contribution is -2.29. The van der Waals surface area contributed by atoms with E-state index in [9.17, 15) is 4.79 Å². The highest BCUT2D eigenvalue weighted by atomic mass is 16.5. The highest BCUT2D eigenvalue weighted by Crippen LogP contribution is 2.36. The number of aryl methyl sites for hydroxylation is 1. The summed E-state index contributed by atoms with van der Waals surface area (Å²) in [6.07, 6.45) is 4.24. The molecule has 0 radical (unpaired) electrons. The predicted octanol–water partition coefficient (Wildman–Crippen LogP) is 5.21. The number of ether oxygens (including phenoxy) is 1. The van der Waals surface area contributed by atoms with Gasteiger partial charge in [0, 0.05) is 5.71 Å². The van der Waals surface area contributed by atoms with Crippen molar-refractivity contribution in [3.05, 3.63) is 29.3 Å². The van der Waals surface area contributed by atoms with Crippen LogP contribution >= 0.6 is 0 Å². The third kappa shape index (κ3) is 5.86. The molecule has 1 N–H and O–H groups in total. The Labute approximate surface area is 158 Å². The Kier molecular flexibility index (Phi) is 6.85. The second kappa shape index (κ2) is 8.70. The monoisotopic (exact) mass is 358 g/mol. The minimum absolute atomic E-state index is 0.0101. The van der Waals surface area contributed by atoms with E-state index < -0.39 is 0 Å². The van der Waals surface area contributed by atoms with Crippen LogP contribution in [0, 0.1) is 18.3 Å². The molecule has 0 unspecified atom stereocenters. The summed E-state index contributed by atoms with van der Waals surface area (Å²) in [4.78, 5) is 12.1. The fourth-order valence-electron chi connectivity index (χ4n) is 3.38. The Hall–Kier alpha value is -1.84. The van der Waals surface area contributed by atoms with Crippen molar-refractivity contribution >= 4 is 11.6 Å².